The number of aliphatic hydroxyl groups is 1. The normalized spacial score (nSPS) is 19.5. The molecule has 0 fully saturated rings. The zero-order chi connectivity index (χ0) is 17.5. The lowest BCUT2D eigenvalue weighted by Crippen LogP contribution is -2.41. The van der Waals surface area contributed by atoms with E-state index >= 15 is 0 Å². The third-order valence-electron chi connectivity index (χ3n) is 4.04. The maximum absolute atomic E-state index is 12.8. The molecule has 3 rings (SSSR count). The summed E-state index contributed by atoms with van der Waals surface area (Å²) in [4.78, 5) is 28.3. The number of rotatable bonds is 5. The molecule has 24 heavy (non-hydrogen) atoms. The number of aryl methyl sites for hydroxylation is 1. The first-order valence-corrected chi connectivity index (χ1v) is 8.61. The van der Waals surface area contributed by atoms with Crippen molar-refractivity contribution in [3.63, 3.8) is 0 Å². The zero-order valence-corrected chi connectivity index (χ0v) is 14.7. The molecule has 2 heterocycles. The van der Waals surface area contributed by atoms with E-state index in [1.807, 2.05) is 13.0 Å². The summed E-state index contributed by atoms with van der Waals surface area (Å²) < 4.78 is 0. The Kier molecular flexibility index (Phi) is 4.34. The Morgan fingerprint density at radius 1 is 1.42 bits per heavy atom. The lowest BCUT2D eigenvalue weighted by Gasteiger charge is -2.21. The lowest BCUT2D eigenvalue weighted by atomic mass is 9.89. The summed E-state index contributed by atoms with van der Waals surface area (Å²) in [7, 11) is 0. The minimum atomic E-state index is -1.90. The van der Waals surface area contributed by atoms with Gasteiger partial charge in [-0.3, -0.25) is 9.59 Å². The minimum Gasteiger partial charge on any atom is -0.375 e. The van der Waals surface area contributed by atoms with Crippen molar-refractivity contribution in [2.24, 2.45) is 0 Å². The van der Waals surface area contributed by atoms with Crippen molar-refractivity contribution in [2.45, 2.75) is 18.9 Å². The Balaban J connectivity index is 2.02. The first-order chi connectivity index (χ1) is 11.4. The van der Waals surface area contributed by atoms with Gasteiger partial charge in [-0.05, 0) is 37.3 Å². The molecule has 124 valence electrons. The number of thiophene rings is 1. The molecular weight excluding hydrogens is 346 g/mol. The highest BCUT2D eigenvalue weighted by Gasteiger charge is 2.50. The van der Waals surface area contributed by atoms with Gasteiger partial charge in [-0.15, -0.1) is 17.9 Å². The van der Waals surface area contributed by atoms with Gasteiger partial charge in [0.2, 0.25) is 0 Å². The molecule has 6 heteroatoms. The molecule has 0 unspecified atom stereocenters. The number of nitrogens with zero attached hydrogens (tertiary/aromatic N) is 1. The number of Topliss-reactive ketones (excluding diaryl/α,β-unsaturated/α-hetero) is 1. The van der Waals surface area contributed by atoms with Gasteiger partial charge in [0.1, 0.15) is 0 Å². The summed E-state index contributed by atoms with van der Waals surface area (Å²) in [6.45, 7) is 5.79. The maximum atomic E-state index is 12.8. The molecule has 0 aliphatic carbocycles. The summed E-state index contributed by atoms with van der Waals surface area (Å²) in [6, 6.07) is 8.43. The van der Waals surface area contributed by atoms with Gasteiger partial charge in [-0.1, -0.05) is 17.7 Å². The average Bonchev–Trinajstić information content (AvgIpc) is 3.05. The summed E-state index contributed by atoms with van der Waals surface area (Å²) >= 11 is 7.38. The van der Waals surface area contributed by atoms with Crippen LogP contribution >= 0.6 is 22.9 Å². The SMILES string of the molecule is C=CCN1C(=O)[C@](O)(CC(=O)c2ccc(C)s2)c2cc(Cl)ccc21. The number of anilines is 1. The van der Waals surface area contributed by atoms with Crippen LogP contribution in [0.4, 0.5) is 5.69 Å². The molecular formula is C18H16ClNO3S. The molecule has 0 saturated carbocycles. The molecule has 0 saturated heterocycles. The van der Waals surface area contributed by atoms with E-state index in [1.165, 1.54) is 16.2 Å². The summed E-state index contributed by atoms with van der Waals surface area (Å²) in [5, 5.41) is 11.5. The van der Waals surface area contributed by atoms with E-state index in [-0.39, 0.29) is 18.7 Å². The van der Waals surface area contributed by atoms with Gasteiger partial charge in [0.15, 0.2) is 11.4 Å². The fourth-order valence-corrected chi connectivity index (χ4v) is 3.88. The summed E-state index contributed by atoms with van der Waals surface area (Å²) in [5.41, 5.74) is -0.983. The number of hydrogen-bond donors (Lipinski definition) is 1. The van der Waals surface area contributed by atoms with Gasteiger partial charge in [-0.25, -0.2) is 0 Å². The van der Waals surface area contributed by atoms with Crippen LogP contribution in [0.15, 0.2) is 43.0 Å². The van der Waals surface area contributed by atoms with E-state index in [4.69, 9.17) is 11.6 Å². The molecule has 1 aliphatic heterocycles. The topological polar surface area (TPSA) is 57.6 Å². The maximum Gasteiger partial charge on any atom is 0.264 e. The van der Waals surface area contributed by atoms with Crippen molar-refractivity contribution in [2.75, 3.05) is 11.4 Å². The molecule has 1 atom stereocenters. The van der Waals surface area contributed by atoms with Crippen LogP contribution in [0, 0.1) is 6.92 Å². The number of fused-ring (bicyclic) bond motifs is 1. The lowest BCUT2D eigenvalue weighted by molar-refractivity contribution is -0.135. The van der Waals surface area contributed by atoms with Gasteiger partial charge in [-0.2, -0.15) is 0 Å². The highest BCUT2D eigenvalue weighted by molar-refractivity contribution is 7.14. The monoisotopic (exact) mass is 361 g/mol. The van der Waals surface area contributed by atoms with Crippen molar-refractivity contribution in [1.29, 1.82) is 0 Å². The molecule has 1 aromatic heterocycles. The Morgan fingerprint density at radius 3 is 2.79 bits per heavy atom. The molecule has 1 aromatic carbocycles. The predicted molar refractivity (Wildman–Crippen MR) is 95.9 cm³/mol. The van der Waals surface area contributed by atoms with Gasteiger partial charge in [0.25, 0.3) is 5.91 Å². The summed E-state index contributed by atoms with van der Waals surface area (Å²) in [5.74, 6) is -0.795. The third kappa shape index (κ3) is 2.69. The van der Waals surface area contributed by atoms with Crippen molar-refractivity contribution in [1.82, 2.24) is 0 Å². The van der Waals surface area contributed by atoms with Crippen molar-refractivity contribution < 1.29 is 14.7 Å². The number of benzene rings is 1. The number of ketones is 1. The van der Waals surface area contributed by atoms with Crippen LogP contribution in [0.25, 0.3) is 0 Å². The fourth-order valence-electron chi connectivity index (χ4n) is 2.91. The quantitative estimate of drug-likeness (QED) is 0.652. The molecule has 0 radical (unpaired) electrons. The smallest absolute Gasteiger partial charge is 0.264 e. The highest BCUT2D eigenvalue weighted by Crippen LogP contribution is 2.44. The minimum absolute atomic E-state index is 0.252. The first kappa shape index (κ1) is 16.9. The summed E-state index contributed by atoms with van der Waals surface area (Å²) in [6.07, 6.45) is 1.26. The van der Waals surface area contributed by atoms with Gasteiger partial charge >= 0.3 is 0 Å². The second-order valence-electron chi connectivity index (χ2n) is 5.74. The Bertz CT molecular complexity index is 845. The number of carbonyl (C=O) groups is 2. The zero-order valence-electron chi connectivity index (χ0n) is 13.1. The van der Waals surface area contributed by atoms with Crippen LogP contribution < -0.4 is 4.90 Å². The van der Waals surface area contributed by atoms with Gasteiger partial charge in [0.05, 0.1) is 17.0 Å². The predicted octanol–water partition coefficient (Wildman–Crippen LogP) is 3.70. The molecule has 2 aromatic rings. The third-order valence-corrected chi connectivity index (χ3v) is 5.31. The van der Waals surface area contributed by atoms with Crippen LogP contribution in [-0.4, -0.2) is 23.3 Å². The molecule has 0 bridgehead atoms. The van der Waals surface area contributed by atoms with Crippen LogP contribution in [0.2, 0.25) is 5.02 Å². The first-order valence-electron chi connectivity index (χ1n) is 7.41. The number of halogens is 1. The number of carbonyl (C=O) groups excluding carboxylic acids is 2. The molecule has 1 aliphatic rings. The fraction of sp³-hybridized carbons (Fsp3) is 0.222. The largest absolute Gasteiger partial charge is 0.375 e. The Labute approximate surface area is 149 Å². The van der Waals surface area contributed by atoms with E-state index in [2.05, 4.69) is 6.58 Å². The molecule has 0 spiro atoms. The Hall–Kier alpha value is -1.95. The number of hydrogen-bond acceptors (Lipinski definition) is 4. The number of amides is 1. The van der Waals surface area contributed by atoms with Crippen LogP contribution in [-0.2, 0) is 10.4 Å². The van der Waals surface area contributed by atoms with Crippen LogP contribution in [0.3, 0.4) is 0 Å². The Morgan fingerprint density at radius 2 is 2.17 bits per heavy atom. The van der Waals surface area contributed by atoms with Crippen LogP contribution in [0.1, 0.15) is 26.5 Å². The average molecular weight is 362 g/mol. The van der Waals surface area contributed by atoms with Crippen molar-refractivity contribution >= 4 is 40.3 Å². The van der Waals surface area contributed by atoms with E-state index in [0.29, 0.717) is 21.2 Å². The molecule has 1 N–H and O–H groups in total. The highest BCUT2D eigenvalue weighted by atomic mass is 35.5. The van der Waals surface area contributed by atoms with Crippen molar-refractivity contribution in [3.05, 3.63) is 63.3 Å². The van der Waals surface area contributed by atoms with Crippen LogP contribution in [0.5, 0.6) is 0 Å². The van der Waals surface area contributed by atoms with Gasteiger partial charge < -0.3 is 10.0 Å². The van der Waals surface area contributed by atoms with E-state index in [9.17, 15) is 14.7 Å². The molecule has 4 nitrogen and oxygen atoms in total. The second kappa shape index (κ2) is 6.16. The van der Waals surface area contributed by atoms with Crippen molar-refractivity contribution in [3.8, 4) is 0 Å². The second-order valence-corrected chi connectivity index (χ2v) is 7.46. The molecule has 1 amide bonds. The standard InChI is InChI=1S/C18H16ClNO3S/c1-3-8-20-14-6-5-12(19)9-13(14)18(23,17(20)22)10-15(21)16-7-4-11(2)24-16/h3-7,9,23H,1,8,10H2,2H3/t18-/m0/s1. The van der Waals surface area contributed by atoms with Gasteiger partial charge in [0, 0.05) is 22.0 Å². The van der Waals surface area contributed by atoms with E-state index < -0.39 is 11.5 Å². The van der Waals surface area contributed by atoms with E-state index in [1.54, 1.807) is 30.3 Å². The van der Waals surface area contributed by atoms with E-state index in [0.717, 1.165) is 4.88 Å².